The summed E-state index contributed by atoms with van der Waals surface area (Å²) in [5.74, 6) is -1.69. The van der Waals surface area contributed by atoms with Crippen LogP contribution in [0.1, 0.15) is 21.7 Å². The zero-order valence-corrected chi connectivity index (χ0v) is 21.2. The number of hydrogen-bond acceptors (Lipinski definition) is 6. The SMILES string of the molecule is Cn1c(Nc2cc(C(F)(F)F)ccc2Cl)nc2cc(Oc3ccnc(-c4nc(C(=O)O)c(C(F)(F)F)[nH]4)c3)ccc21. The number of aryl methyl sites for hydroxylation is 1. The van der Waals surface area contributed by atoms with Crippen molar-refractivity contribution in [2.75, 3.05) is 5.32 Å². The number of carboxylic acid groups (broad SMARTS) is 1. The van der Waals surface area contributed by atoms with Gasteiger partial charge in [0.05, 0.1) is 27.3 Å². The number of carbonyl (C=O) groups is 1. The van der Waals surface area contributed by atoms with Crippen LogP contribution in [0.5, 0.6) is 11.5 Å². The normalized spacial score (nSPS) is 12.1. The topological polar surface area (TPSA) is 118 Å². The number of nitrogens with zero attached hydrogens (tertiary/aromatic N) is 4. The number of pyridine rings is 1. The Morgan fingerprint density at radius 2 is 1.73 bits per heavy atom. The van der Waals surface area contributed by atoms with E-state index >= 15 is 0 Å². The van der Waals surface area contributed by atoms with Crippen LogP contribution in [-0.2, 0) is 19.4 Å². The van der Waals surface area contributed by atoms with Crippen molar-refractivity contribution in [2.45, 2.75) is 12.4 Å². The van der Waals surface area contributed by atoms with Crippen molar-refractivity contribution < 1.29 is 41.0 Å². The highest BCUT2D eigenvalue weighted by molar-refractivity contribution is 6.33. The van der Waals surface area contributed by atoms with Gasteiger partial charge in [0.2, 0.25) is 5.95 Å². The number of aromatic amines is 1. The zero-order chi connectivity index (χ0) is 29.7. The van der Waals surface area contributed by atoms with E-state index in [0.29, 0.717) is 11.0 Å². The van der Waals surface area contributed by atoms with E-state index < -0.39 is 41.1 Å². The van der Waals surface area contributed by atoms with Gasteiger partial charge in [0.25, 0.3) is 0 Å². The fourth-order valence-electron chi connectivity index (χ4n) is 3.87. The lowest BCUT2D eigenvalue weighted by Crippen LogP contribution is -2.12. The summed E-state index contributed by atoms with van der Waals surface area (Å²) in [4.78, 5) is 25.1. The van der Waals surface area contributed by atoms with Gasteiger partial charge < -0.3 is 24.7 Å². The summed E-state index contributed by atoms with van der Waals surface area (Å²) < 4.78 is 86.5. The molecular formula is C25H15ClF6N6O3. The molecule has 2 aromatic carbocycles. The van der Waals surface area contributed by atoms with Crippen LogP contribution < -0.4 is 10.1 Å². The van der Waals surface area contributed by atoms with Crippen molar-refractivity contribution in [3.63, 3.8) is 0 Å². The second kappa shape index (κ2) is 9.99. The highest BCUT2D eigenvalue weighted by atomic mass is 35.5. The largest absolute Gasteiger partial charge is 0.476 e. The van der Waals surface area contributed by atoms with Gasteiger partial charge in [-0.05, 0) is 36.4 Å². The molecule has 0 aliphatic rings. The van der Waals surface area contributed by atoms with E-state index in [9.17, 15) is 31.1 Å². The molecule has 41 heavy (non-hydrogen) atoms. The molecule has 0 bridgehead atoms. The third-order valence-corrected chi connectivity index (χ3v) is 6.12. The quantitative estimate of drug-likeness (QED) is 0.176. The summed E-state index contributed by atoms with van der Waals surface area (Å²) in [6.45, 7) is 0. The maximum atomic E-state index is 13.2. The van der Waals surface area contributed by atoms with Crippen molar-refractivity contribution >= 4 is 40.2 Å². The molecule has 0 saturated carbocycles. The molecule has 5 aromatic rings. The number of aromatic nitrogens is 5. The zero-order valence-electron chi connectivity index (χ0n) is 20.4. The van der Waals surface area contributed by atoms with Gasteiger partial charge in [-0.2, -0.15) is 26.3 Å². The second-order valence-electron chi connectivity index (χ2n) is 8.55. The van der Waals surface area contributed by atoms with Gasteiger partial charge in [-0.3, -0.25) is 4.98 Å². The molecule has 0 saturated heterocycles. The third kappa shape index (κ3) is 5.61. The minimum atomic E-state index is -4.98. The molecular weight excluding hydrogens is 582 g/mol. The third-order valence-electron chi connectivity index (χ3n) is 5.79. The number of ether oxygens (including phenoxy) is 1. The number of anilines is 2. The van der Waals surface area contributed by atoms with E-state index in [0.717, 1.165) is 18.2 Å². The molecule has 5 rings (SSSR count). The first-order valence-electron chi connectivity index (χ1n) is 11.4. The lowest BCUT2D eigenvalue weighted by molar-refractivity contribution is -0.141. The van der Waals surface area contributed by atoms with Gasteiger partial charge >= 0.3 is 18.3 Å². The molecule has 0 spiro atoms. The smallest absolute Gasteiger partial charge is 0.433 e. The predicted octanol–water partition coefficient (Wildman–Crippen LogP) is 7.28. The summed E-state index contributed by atoms with van der Waals surface area (Å²) in [6.07, 6.45) is -8.31. The van der Waals surface area contributed by atoms with E-state index in [2.05, 4.69) is 20.3 Å². The first-order chi connectivity index (χ1) is 19.2. The number of carboxylic acids is 1. The van der Waals surface area contributed by atoms with Gasteiger partial charge in [0.1, 0.15) is 17.2 Å². The fourth-order valence-corrected chi connectivity index (χ4v) is 4.03. The molecule has 0 amide bonds. The van der Waals surface area contributed by atoms with Gasteiger partial charge in [-0.1, -0.05) is 11.6 Å². The first kappa shape index (κ1) is 27.8. The minimum absolute atomic E-state index is 0.00153. The Bertz CT molecular complexity index is 1800. The van der Waals surface area contributed by atoms with Crippen molar-refractivity contribution in [3.05, 3.63) is 76.7 Å². The summed E-state index contributed by atoms with van der Waals surface area (Å²) in [6, 6.07) is 10.3. The number of benzene rings is 2. The van der Waals surface area contributed by atoms with Crippen LogP contribution in [0.25, 0.3) is 22.6 Å². The van der Waals surface area contributed by atoms with E-state index in [1.807, 2.05) is 4.98 Å². The first-order valence-corrected chi connectivity index (χ1v) is 11.7. The van der Waals surface area contributed by atoms with Crippen molar-refractivity contribution in [1.29, 1.82) is 0 Å². The molecule has 0 fully saturated rings. The van der Waals surface area contributed by atoms with Gasteiger partial charge in [-0.15, -0.1) is 0 Å². The van der Waals surface area contributed by atoms with Crippen LogP contribution >= 0.6 is 11.6 Å². The van der Waals surface area contributed by atoms with E-state index in [-0.39, 0.29) is 33.9 Å². The van der Waals surface area contributed by atoms with Crippen LogP contribution in [0.2, 0.25) is 5.02 Å². The van der Waals surface area contributed by atoms with Crippen LogP contribution in [0.4, 0.5) is 38.0 Å². The van der Waals surface area contributed by atoms with Crippen LogP contribution in [-0.4, -0.2) is 35.6 Å². The molecule has 0 unspecified atom stereocenters. The monoisotopic (exact) mass is 596 g/mol. The molecule has 212 valence electrons. The summed E-state index contributed by atoms with van der Waals surface area (Å²) in [7, 11) is 1.64. The Morgan fingerprint density at radius 1 is 1.00 bits per heavy atom. The number of nitrogens with one attached hydrogen (secondary N) is 2. The van der Waals surface area contributed by atoms with Crippen LogP contribution in [0.3, 0.4) is 0 Å². The Morgan fingerprint density at radius 3 is 2.39 bits per heavy atom. The van der Waals surface area contributed by atoms with Crippen molar-refractivity contribution in [2.24, 2.45) is 7.05 Å². The van der Waals surface area contributed by atoms with E-state index in [4.69, 9.17) is 21.4 Å². The standard InChI is InChI=1S/C25H15ClF6N6O3/c1-38-18-5-3-12(9-16(18)35-23(38)34-15-8-11(24(27,28)29)2-4-14(15)26)41-13-6-7-33-17(10-13)21-36-19(22(39)40)20(37-21)25(30,31)32/h2-10H,1H3,(H,34,35)(H,36,37)(H,39,40). The van der Waals surface area contributed by atoms with Crippen molar-refractivity contribution in [1.82, 2.24) is 24.5 Å². The molecule has 3 heterocycles. The Labute approximate surface area is 230 Å². The van der Waals surface area contributed by atoms with Crippen LogP contribution in [0, 0.1) is 0 Å². The van der Waals surface area contributed by atoms with Crippen LogP contribution in [0.15, 0.2) is 54.7 Å². The van der Waals surface area contributed by atoms with E-state index in [1.54, 1.807) is 23.7 Å². The van der Waals surface area contributed by atoms with Gasteiger partial charge in [0.15, 0.2) is 17.2 Å². The number of imidazole rings is 2. The number of fused-ring (bicyclic) bond motifs is 1. The molecule has 3 aromatic heterocycles. The number of aromatic carboxylic acids is 1. The molecule has 0 aliphatic carbocycles. The molecule has 0 aliphatic heterocycles. The van der Waals surface area contributed by atoms with E-state index in [1.165, 1.54) is 24.4 Å². The lowest BCUT2D eigenvalue weighted by atomic mass is 10.2. The maximum absolute atomic E-state index is 13.2. The summed E-state index contributed by atoms with van der Waals surface area (Å²) >= 11 is 6.08. The molecule has 9 nitrogen and oxygen atoms in total. The van der Waals surface area contributed by atoms with Crippen molar-refractivity contribution in [3.8, 4) is 23.0 Å². The average Bonchev–Trinajstić information content (AvgIpc) is 3.47. The predicted molar refractivity (Wildman–Crippen MR) is 134 cm³/mol. The highest BCUT2D eigenvalue weighted by Gasteiger charge is 2.39. The molecule has 16 heteroatoms. The average molecular weight is 597 g/mol. The maximum Gasteiger partial charge on any atom is 0.433 e. The number of halogens is 7. The summed E-state index contributed by atoms with van der Waals surface area (Å²) in [5.41, 5.74) is -2.73. The number of hydrogen-bond donors (Lipinski definition) is 3. The number of H-pyrrole nitrogens is 1. The molecule has 0 atom stereocenters. The van der Waals surface area contributed by atoms with Gasteiger partial charge in [-0.25, -0.2) is 14.8 Å². The highest BCUT2D eigenvalue weighted by Crippen LogP contribution is 2.36. The Hall–Kier alpha value is -4.79. The molecule has 0 radical (unpaired) electrons. The van der Waals surface area contributed by atoms with Gasteiger partial charge in [0, 0.05) is 25.4 Å². The lowest BCUT2D eigenvalue weighted by Gasteiger charge is -2.12. The Kier molecular flexibility index (Phi) is 6.77. The number of rotatable bonds is 6. The molecule has 3 N–H and O–H groups in total. The Balaban J connectivity index is 1.42. The summed E-state index contributed by atoms with van der Waals surface area (Å²) in [5, 5.41) is 11.9. The minimum Gasteiger partial charge on any atom is -0.476 e. The fraction of sp³-hybridized carbons (Fsp3) is 0.120. The number of alkyl halides is 6. The second-order valence-corrected chi connectivity index (χ2v) is 8.96.